The first kappa shape index (κ1) is 20.7. The van der Waals surface area contributed by atoms with E-state index < -0.39 is 6.43 Å². The molecule has 2 aliphatic heterocycles. The molecule has 9 nitrogen and oxygen atoms in total. The van der Waals surface area contributed by atoms with Gasteiger partial charge in [-0.3, -0.25) is 4.57 Å². The summed E-state index contributed by atoms with van der Waals surface area (Å²) in [6, 6.07) is 7.03. The molecule has 0 radical (unpaired) electrons. The molecule has 2 saturated heterocycles. The van der Waals surface area contributed by atoms with Crippen molar-refractivity contribution in [1.29, 1.82) is 0 Å². The second-order valence-electron chi connectivity index (χ2n) is 7.33. The van der Waals surface area contributed by atoms with Crippen molar-refractivity contribution in [2.75, 3.05) is 62.3 Å². The number of hydrogen-bond donors (Lipinski definition) is 0. The van der Waals surface area contributed by atoms with E-state index in [1.165, 1.54) is 4.57 Å². The number of aromatic nitrogens is 5. The van der Waals surface area contributed by atoms with Gasteiger partial charge in [-0.25, -0.2) is 16.9 Å². The first-order valence-corrected chi connectivity index (χ1v) is 11.1. The number of para-hydroxylation sites is 2. The van der Waals surface area contributed by atoms with Gasteiger partial charge in [-0.1, -0.05) is 12.1 Å². The molecule has 31 heavy (non-hydrogen) atoms. The summed E-state index contributed by atoms with van der Waals surface area (Å²) >= 11 is 2.30. The summed E-state index contributed by atoms with van der Waals surface area (Å²) in [4.78, 5) is 22.2. The molecule has 2 aliphatic rings. The Morgan fingerprint density at radius 3 is 2.10 bits per heavy atom. The molecule has 5 rings (SSSR count). The minimum Gasteiger partial charge on any atom is -0.378 e. The highest BCUT2D eigenvalue weighted by atomic mass is 127. The van der Waals surface area contributed by atoms with Crippen molar-refractivity contribution in [2.45, 2.75) is 6.43 Å². The van der Waals surface area contributed by atoms with Crippen LogP contribution >= 0.6 is 22.9 Å². The normalized spacial score (nSPS) is 18.3. The van der Waals surface area contributed by atoms with Gasteiger partial charge < -0.3 is 14.5 Å². The van der Waals surface area contributed by atoms with E-state index in [1.54, 1.807) is 24.3 Å². The van der Waals surface area contributed by atoms with Gasteiger partial charge in [0.15, 0.2) is 5.82 Å². The van der Waals surface area contributed by atoms with Crippen LogP contribution in [0.2, 0.25) is 0 Å². The van der Waals surface area contributed by atoms with Crippen molar-refractivity contribution < 1.29 is 13.5 Å². The number of imidazole rings is 1. The number of nitrogens with zero attached hydrogens (tertiary/aromatic N) is 8. The standard InChI is InChI=1S/C19H21F2IN8O/c20-15(21)16-23-13-3-1-2-4-14(13)30(16)19-25-17(27-5-7-29(22)8-6-27)24-18(26-19)28-9-11-31-12-10-28/h1-4,15H,5-12H2. The number of morpholine rings is 1. The number of rotatable bonds is 4. The van der Waals surface area contributed by atoms with E-state index in [0.717, 1.165) is 26.2 Å². The summed E-state index contributed by atoms with van der Waals surface area (Å²) in [5.74, 6) is 0.753. The molecule has 2 fully saturated rings. The Bertz CT molecular complexity index is 1070. The van der Waals surface area contributed by atoms with Gasteiger partial charge in [0.25, 0.3) is 6.43 Å². The second kappa shape index (κ2) is 8.74. The number of benzene rings is 1. The van der Waals surface area contributed by atoms with Crippen LogP contribution in [0.1, 0.15) is 12.2 Å². The summed E-state index contributed by atoms with van der Waals surface area (Å²) in [7, 11) is 0. The van der Waals surface area contributed by atoms with Crippen LogP contribution in [0.5, 0.6) is 0 Å². The third-order valence-electron chi connectivity index (χ3n) is 5.38. The van der Waals surface area contributed by atoms with E-state index in [-0.39, 0.29) is 11.8 Å². The molecular weight excluding hydrogens is 521 g/mol. The predicted octanol–water partition coefficient (Wildman–Crippen LogP) is 2.46. The Balaban J connectivity index is 1.65. The summed E-state index contributed by atoms with van der Waals surface area (Å²) in [6.07, 6.45) is -2.76. The van der Waals surface area contributed by atoms with Crippen molar-refractivity contribution >= 4 is 45.8 Å². The summed E-state index contributed by atoms with van der Waals surface area (Å²) in [5, 5.41) is 0. The molecule has 0 atom stereocenters. The average Bonchev–Trinajstić information content (AvgIpc) is 3.20. The Labute approximate surface area is 191 Å². The molecule has 0 saturated carbocycles. The SMILES string of the molecule is FC(F)c1nc2ccccc2n1-c1nc(N2CCOCC2)nc(N2CCN(I)CC2)n1. The maximum atomic E-state index is 13.9. The summed E-state index contributed by atoms with van der Waals surface area (Å²) in [5.41, 5.74) is 1.02. The molecule has 0 spiro atoms. The van der Waals surface area contributed by atoms with E-state index in [0.29, 0.717) is 49.2 Å². The fraction of sp³-hybridized carbons (Fsp3) is 0.474. The van der Waals surface area contributed by atoms with Crippen LogP contribution in [0.3, 0.4) is 0 Å². The van der Waals surface area contributed by atoms with Crippen molar-refractivity contribution in [3.63, 3.8) is 0 Å². The minimum absolute atomic E-state index is 0.160. The lowest BCUT2D eigenvalue weighted by Gasteiger charge is -2.32. The van der Waals surface area contributed by atoms with Crippen molar-refractivity contribution in [3.8, 4) is 5.95 Å². The number of alkyl halides is 2. The van der Waals surface area contributed by atoms with E-state index in [4.69, 9.17) is 9.72 Å². The predicted molar refractivity (Wildman–Crippen MR) is 120 cm³/mol. The van der Waals surface area contributed by atoms with Crippen molar-refractivity contribution in [3.05, 3.63) is 30.1 Å². The summed E-state index contributed by atoms with van der Waals surface area (Å²) < 4.78 is 36.8. The van der Waals surface area contributed by atoms with Crippen LogP contribution in [-0.2, 0) is 4.74 Å². The third-order valence-corrected chi connectivity index (χ3v) is 6.35. The number of hydrogen-bond acceptors (Lipinski definition) is 8. The van der Waals surface area contributed by atoms with Gasteiger partial charge >= 0.3 is 0 Å². The van der Waals surface area contributed by atoms with Crippen LogP contribution in [0.15, 0.2) is 24.3 Å². The third kappa shape index (κ3) is 4.15. The van der Waals surface area contributed by atoms with E-state index >= 15 is 0 Å². The number of ether oxygens (including phenoxy) is 1. The summed E-state index contributed by atoms with van der Waals surface area (Å²) in [6.45, 7) is 5.64. The molecule has 164 valence electrons. The van der Waals surface area contributed by atoms with E-state index in [9.17, 15) is 8.78 Å². The Morgan fingerprint density at radius 1 is 0.806 bits per heavy atom. The molecule has 12 heteroatoms. The molecular formula is C19H21F2IN8O. The molecule has 3 aromatic rings. The van der Waals surface area contributed by atoms with Crippen molar-refractivity contribution in [2.24, 2.45) is 0 Å². The molecule has 1 aromatic carbocycles. The van der Waals surface area contributed by atoms with Crippen LogP contribution in [0.25, 0.3) is 17.0 Å². The number of piperazine rings is 1. The van der Waals surface area contributed by atoms with Crippen LogP contribution in [0, 0.1) is 0 Å². The molecule has 0 aliphatic carbocycles. The number of anilines is 2. The first-order valence-electron chi connectivity index (χ1n) is 10.1. The van der Waals surface area contributed by atoms with Gasteiger partial charge in [-0.05, 0) is 12.1 Å². The van der Waals surface area contributed by atoms with Crippen LogP contribution in [-0.4, -0.2) is 80.1 Å². The van der Waals surface area contributed by atoms with Gasteiger partial charge in [0.05, 0.1) is 24.2 Å². The van der Waals surface area contributed by atoms with Gasteiger partial charge in [0.2, 0.25) is 17.8 Å². The van der Waals surface area contributed by atoms with Gasteiger partial charge in [0.1, 0.15) is 0 Å². The maximum absolute atomic E-state index is 13.9. The highest BCUT2D eigenvalue weighted by Crippen LogP contribution is 2.28. The monoisotopic (exact) mass is 542 g/mol. The van der Waals surface area contributed by atoms with Gasteiger partial charge in [-0.15, -0.1) is 0 Å². The molecule has 0 bridgehead atoms. The highest BCUT2D eigenvalue weighted by Gasteiger charge is 2.26. The van der Waals surface area contributed by atoms with E-state index in [2.05, 4.69) is 45.8 Å². The topological polar surface area (TPSA) is 75.4 Å². The molecule has 0 N–H and O–H groups in total. The number of halogens is 3. The molecule has 2 aromatic heterocycles. The lowest BCUT2D eigenvalue weighted by molar-refractivity contribution is 0.122. The molecule has 4 heterocycles. The Hall–Kier alpha value is -2.19. The lowest BCUT2D eigenvalue weighted by atomic mass is 10.3. The molecule has 0 amide bonds. The van der Waals surface area contributed by atoms with Gasteiger partial charge in [-0.2, -0.15) is 15.0 Å². The minimum atomic E-state index is -2.76. The van der Waals surface area contributed by atoms with Crippen molar-refractivity contribution in [1.82, 2.24) is 27.6 Å². The number of fused-ring (bicyclic) bond motifs is 1. The second-order valence-corrected chi connectivity index (χ2v) is 8.69. The lowest BCUT2D eigenvalue weighted by Crippen LogP contribution is -2.43. The zero-order valence-corrected chi connectivity index (χ0v) is 18.8. The largest absolute Gasteiger partial charge is 0.378 e. The fourth-order valence-corrected chi connectivity index (χ4v) is 4.20. The quantitative estimate of drug-likeness (QED) is 0.368. The van der Waals surface area contributed by atoms with Crippen LogP contribution < -0.4 is 9.80 Å². The smallest absolute Gasteiger partial charge is 0.296 e. The fourth-order valence-electron chi connectivity index (χ4n) is 3.77. The highest BCUT2D eigenvalue weighted by molar-refractivity contribution is 14.1. The Kier molecular flexibility index (Phi) is 5.84. The zero-order valence-electron chi connectivity index (χ0n) is 16.7. The van der Waals surface area contributed by atoms with E-state index in [1.807, 2.05) is 4.90 Å². The first-order chi connectivity index (χ1) is 15.1. The maximum Gasteiger partial charge on any atom is 0.296 e. The zero-order chi connectivity index (χ0) is 21.4. The molecule has 0 unspecified atom stereocenters. The average molecular weight is 542 g/mol. The van der Waals surface area contributed by atoms with Gasteiger partial charge in [0, 0.05) is 62.1 Å². The van der Waals surface area contributed by atoms with Crippen LogP contribution in [0.4, 0.5) is 20.7 Å². The Morgan fingerprint density at radius 2 is 1.42 bits per heavy atom.